The van der Waals surface area contributed by atoms with Crippen molar-refractivity contribution in [1.82, 2.24) is 5.32 Å². The number of hydrogen-bond donors (Lipinski definition) is 2. The highest BCUT2D eigenvalue weighted by atomic mass is 79.9. The molecule has 1 heterocycles. The number of nitrogens with one attached hydrogen (secondary N) is 2. The molecule has 3 amide bonds. The molecule has 124 valence electrons. The number of fused-ring (bicyclic) bond motifs is 1. The van der Waals surface area contributed by atoms with Crippen molar-refractivity contribution >= 4 is 39.2 Å². The predicted octanol–water partition coefficient (Wildman–Crippen LogP) is 3.55. The van der Waals surface area contributed by atoms with Crippen molar-refractivity contribution in [2.75, 3.05) is 16.8 Å². The van der Waals surface area contributed by atoms with Crippen LogP contribution in [0.3, 0.4) is 0 Å². The number of carbonyl (C=O) groups is 2. The van der Waals surface area contributed by atoms with Crippen LogP contribution < -0.4 is 15.5 Å². The van der Waals surface area contributed by atoms with Gasteiger partial charge in [-0.25, -0.2) is 4.79 Å². The molecule has 0 saturated carbocycles. The van der Waals surface area contributed by atoms with Gasteiger partial charge in [0, 0.05) is 22.4 Å². The maximum Gasteiger partial charge on any atom is 0.319 e. The normalized spacial score (nSPS) is 14.0. The first-order valence-corrected chi connectivity index (χ1v) is 8.56. The molecule has 0 aromatic heterocycles. The lowest BCUT2D eigenvalue weighted by Gasteiger charge is -2.22. The lowest BCUT2D eigenvalue weighted by molar-refractivity contribution is -0.119. The topological polar surface area (TPSA) is 61.4 Å². The van der Waals surface area contributed by atoms with Crippen molar-refractivity contribution in [3.8, 4) is 0 Å². The number of halogens is 1. The van der Waals surface area contributed by atoms with E-state index in [1.54, 1.807) is 24.0 Å². The molecule has 2 aromatic rings. The van der Waals surface area contributed by atoms with Crippen molar-refractivity contribution in [3.63, 3.8) is 0 Å². The molecule has 2 aromatic carbocycles. The fraction of sp³-hybridized carbons (Fsp3) is 0.222. The summed E-state index contributed by atoms with van der Waals surface area (Å²) in [5, 5.41) is 5.43. The van der Waals surface area contributed by atoms with E-state index in [4.69, 9.17) is 0 Å². The Hall–Kier alpha value is -2.34. The molecule has 0 fully saturated rings. The third kappa shape index (κ3) is 3.59. The number of carbonyl (C=O) groups excluding carboxylic acids is 2. The second kappa shape index (κ2) is 7.05. The van der Waals surface area contributed by atoms with Crippen molar-refractivity contribution < 1.29 is 9.59 Å². The van der Waals surface area contributed by atoms with Gasteiger partial charge in [0.25, 0.3) is 0 Å². The summed E-state index contributed by atoms with van der Waals surface area (Å²) in [7, 11) is 0. The fourth-order valence-corrected chi connectivity index (χ4v) is 3.19. The molecule has 6 heteroatoms. The van der Waals surface area contributed by atoms with E-state index in [1.165, 1.54) is 0 Å². The zero-order valence-electron chi connectivity index (χ0n) is 13.3. The van der Waals surface area contributed by atoms with E-state index in [9.17, 15) is 9.59 Å². The Morgan fingerprint density at radius 3 is 2.75 bits per heavy atom. The van der Waals surface area contributed by atoms with Gasteiger partial charge in [-0.1, -0.05) is 40.2 Å². The van der Waals surface area contributed by atoms with Gasteiger partial charge in [-0.15, -0.1) is 0 Å². The molecular weight excluding hydrogens is 370 g/mol. The molecular formula is C18H18BrN3O2. The van der Waals surface area contributed by atoms with Crippen LogP contribution in [-0.4, -0.2) is 24.5 Å². The number of hydrogen-bond acceptors (Lipinski definition) is 2. The first-order valence-electron chi connectivity index (χ1n) is 7.77. The lowest BCUT2D eigenvalue weighted by atomic mass is 10.2. The van der Waals surface area contributed by atoms with Crippen LogP contribution in [0.5, 0.6) is 0 Å². The van der Waals surface area contributed by atoms with E-state index < -0.39 is 12.1 Å². The van der Waals surface area contributed by atoms with E-state index in [2.05, 4.69) is 26.6 Å². The highest BCUT2D eigenvalue weighted by Crippen LogP contribution is 2.27. The van der Waals surface area contributed by atoms with Gasteiger partial charge in [0.15, 0.2) is 0 Å². The van der Waals surface area contributed by atoms with Gasteiger partial charge in [-0.05, 0) is 43.2 Å². The fourth-order valence-electron chi connectivity index (χ4n) is 2.79. The Labute approximate surface area is 149 Å². The van der Waals surface area contributed by atoms with Gasteiger partial charge < -0.3 is 15.5 Å². The Morgan fingerprint density at radius 2 is 1.96 bits per heavy atom. The second-order valence-corrected chi connectivity index (χ2v) is 6.61. The molecule has 0 spiro atoms. The van der Waals surface area contributed by atoms with Gasteiger partial charge >= 0.3 is 6.03 Å². The quantitative estimate of drug-likeness (QED) is 0.845. The van der Waals surface area contributed by atoms with Crippen LogP contribution in [0.2, 0.25) is 0 Å². The first kappa shape index (κ1) is 16.5. The highest BCUT2D eigenvalue weighted by Gasteiger charge is 2.28. The van der Waals surface area contributed by atoms with Gasteiger partial charge in [0.05, 0.1) is 0 Å². The SMILES string of the molecule is C[C@H](NC(=O)Nc1cccc(Br)c1)C(=O)N1CCc2ccccc21. The largest absolute Gasteiger partial charge is 0.326 e. The van der Waals surface area contributed by atoms with Gasteiger partial charge in [0.1, 0.15) is 6.04 Å². The zero-order chi connectivity index (χ0) is 17.1. The van der Waals surface area contributed by atoms with Crippen LogP contribution in [0.1, 0.15) is 12.5 Å². The number of amides is 3. The number of urea groups is 1. The van der Waals surface area contributed by atoms with Gasteiger partial charge in [0.2, 0.25) is 5.91 Å². The smallest absolute Gasteiger partial charge is 0.319 e. The molecule has 2 N–H and O–H groups in total. The van der Waals surface area contributed by atoms with Crippen LogP contribution in [0, 0.1) is 0 Å². The number of para-hydroxylation sites is 1. The van der Waals surface area contributed by atoms with E-state index in [1.807, 2.05) is 36.4 Å². The van der Waals surface area contributed by atoms with Crippen LogP contribution in [0.15, 0.2) is 53.0 Å². The van der Waals surface area contributed by atoms with Crippen LogP contribution in [0.4, 0.5) is 16.2 Å². The van der Waals surface area contributed by atoms with Crippen molar-refractivity contribution in [2.24, 2.45) is 0 Å². The lowest BCUT2D eigenvalue weighted by Crippen LogP contribution is -2.47. The first-order chi connectivity index (χ1) is 11.5. The van der Waals surface area contributed by atoms with E-state index >= 15 is 0 Å². The van der Waals surface area contributed by atoms with E-state index in [0.29, 0.717) is 12.2 Å². The van der Waals surface area contributed by atoms with Crippen molar-refractivity contribution in [2.45, 2.75) is 19.4 Å². The molecule has 1 atom stereocenters. The van der Waals surface area contributed by atoms with E-state index in [-0.39, 0.29) is 5.91 Å². The molecule has 0 bridgehead atoms. The molecule has 0 unspecified atom stereocenters. The Bertz CT molecular complexity index is 778. The zero-order valence-corrected chi connectivity index (χ0v) is 14.8. The standard InChI is InChI=1S/C18H18BrN3O2/c1-12(20-18(24)21-15-7-4-6-14(19)11-15)17(23)22-10-9-13-5-2-3-8-16(13)22/h2-8,11-12H,9-10H2,1H3,(H2,20,21,24)/t12-/m0/s1. The summed E-state index contributed by atoms with van der Waals surface area (Å²) in [6.07, 6.45) is 0.846. The van der Waals surface area contributed by atoms with Crippen molar-refractivity contribution in [1.29, 1.82) is 0 Å². The average Bonchev–Trinajstić information content (AvgIpc) is 2.98. The summed E-state index contributed by atoms with van der Waals surface area (Å²) in [6.45, 7) is 2.35. The third-order valence-corrected chi connectivity index (χ3v) is 4.45. The number of anilines is 2. The highest BCUT2D eigenvalue weighted by molar-refractivity contribution is 9.10. The van der Waals surface area contributed by atoms with Crippen LogP contribution in [-0.2, 0) is 11.2 Å². The molecule has 1 aliphatic rings. The Kier molecular flexibility index (Phi) is 4.85. The Balaban J connectivity index is 1.61. The van der Waals surface area contributed by atoms with Crippen molar-refractivity contribution in [3.05, 3.63) is 58.6 Å². The average molecular weight is 388 g/mol. The monoisotopic (exact) mass is 387 g/mol. The molecule has 0 aliphatic carbocycles. The molecule has 24 heavy (non-hydrogen) atoms. The van der Waals surface area contributed by atoms with Crippen LogP contribution in [0.25, 0.3) is 0 Å². The maximum absolute atomic E-state index is 12.6. The molecule has 3 rings (SSSR count). The molecule has 0 radical (unpaired) electrons. The summed E-state index contributed by atoms with van der Waals surface area (Å²) >= 11 is 3.35. The summed E-state index contributed by atoms with van der Waals surface area (Å²) in [5.41, 5.74) is 2.76. The Morgan fingerprint density at radius 1 is 1.17 bits per heavy atom. The van der Waals surface area contributed by atoms with Crippen LogP contribution >= 0.6 is 15.9 Å². The summed E-state index contributed by atoms with van der Waals surface area (Å²) < 4.78 is 0.873. The number of benzene rings is 2. The summed E-state index contributed by atoms with van der Waals surface area (Å²) in [5.74, 6) is -0.107. The second-order valence-electron chi connectivity index (χ2n) is 5.70. The molecule has 5 nitrogen and oxygen atoms in total. The minimum absolute atomic E-state index is 0.107. The third-order valence-electron chi connectivity index (χ3n) is 3.95. The molecule has 0 saturated heterocycles. The summed E-state index contributed by atoms with van der Waals surface area (Å²) in [4.78, 5) is 26.5. The van der Waals surface area contributed by atoms with Gasteiger partial charge in [-0.2, -0.15) is 0 Å². The van der Waals surface area contributed by atoms with E-state index in [0.717, 1.165) is 22.1 Å². The minimum atomic E-state index is -0.608. The van der Waals surface area contributed by atoms with Gasteiger partial charge in [-0.3, -0.25) is 4.79 Å². The minimum Gasteiger partial charge on any atom is -0.326 e. The predicted molar refractivity (Wildman–Crippen MR) is 98.3 cm³/mol. The number of nitrogens with zero attached hydrogens (tertiary/aromatic N) is 1. The maximum atomic E-state index is 12.6. The molecule has 1 aliphatic heterocycles. The number of rotatable bonds is 3. The summed E-state index contributed by atoms with van der Waals surface area (Å²) in [6, 6.07) is 14.1.